The van der Waals surface area contributed by atoms with E-state index in [1.165, 1.54) is 0 Å². The van der Waals surface area contributed by atoms with Crippen LogP contribution in [0.4, 0.5) is 0 Å². The Kier molecular flexibility index (Phi) is 6.58. The van der Waals surface area contributed by atoms with Crippen LogP contribution in [0.2, 0.25) is 0 Å². The van der Waals surface area contributed by atoms with E-state index in [0.29, 0.717) is 5.56 Å². The lowest BCUT2D eigenvalue weighted by atomic mass is 9.86. The van der Waals surface area contributed by atoms with Gasteiger partial charge in [0.05, 0.1) is 6.54 Å². The van der Waals surface area contributed by atoms with E-state index in [9.17, 15) is 9.59 Å². The van der Waals surface area contributed by atoms with Crippen LogP contribution in [0.1, 0.15) is 34.3 Å². The first kappa shape index (κ1) is 19.4. The van der Waals surface area contributed by atoms with Gasteiger partial charge in [-0.1, -0.05) is 78.9 Å². The highest BCUT2D eigenvalue weighted by Gasteiger charge is 2.22. The maximum absolute atomic E-state index is 12.4. The standard InChI is InChI=1S/C24H24N2O2/c1-18(26-22(27)17-25-24(28)21-15-9-4-10-16-21)23(19-11-5-2-6-12-19)20-13-7-3-8-14-20/h2-16,18,23H,17H2,1H3,(H,25,28)(H,26,27). The molecule has 28 heavy (non-hydrogen) atoms. The number of carbonyl (C=O) groups excluding carboxylic acids is 2. The summed E-state index contributed by atoms with van der Waals surface area (Å²) in [5, 5.41) is 5.70. The molecule has 0 bridgehead atoms. The van der Waals surface area contributed by atoms with Gasteiger partial charge in [-0.15, -0.1) is 0 Å². The smallest absolute Gasteiger partial charge is 0.251 e. The summed E-state index contributed by atoms with van der Waals surface area (Å²) in [6.45, 7) is 1.93. The van der Waals surface area contributed by atoms with Gasteiger partial charge in [-0.2, -0.15) is 0 Å². The van der Waals surface area contributed by atoms with Crippen LogP contribution in [0.5, 0.6) is 0 Å². The van der Waals surface area contributed by atoms with Crippen LogP contribution in [0.3, 0.4) is 0 Å². The fourth-order valence-electron chi connectivity index (χ4n) is 3.33. The number of hydrogen-bond donors (Lipinski definition) is 2. The Bertz CT molecular complexity index is 856. The largest absolute Gasteiger partial charge is 0.351 e. The van der Waals surface area contributed by atoms with Gasteiger partial charge >= 0.3 is 0 Å². The zero-order valence-electron chi connectivity index (χ0n) is 15.8. The second-order valence-corrected chi connectivity index (χ2v) is 6.70. The molecule has 0 aliphatic heterocycles. The quantitative estimate of drug-likeness (QED) is 0.664. The minimum absolute atomic E-state index is 0.0242. The first-order valence-electron chi connectivity index (χ1n) is 9.37. The first-order valence-corrected chi connectivity index (χ1v) is 9.37. The van der Waals surface area contributed by atoms with Crippen molar-refractivity contribution < 1.29 is 9.59 Å². The highest BCUT2D eigenvalue weighted by atomic mass is 16.2. The van der Waals surface area contributed by atoms with Crippen LogP contribution >= 0.6 is 0 Å². The van der Waals surface area contributed by atoms with E-state index in [-0.39, 0.29) is 30.3 Å². The molecule has 0 radical (unpaired) electrons. The van der Waals surface area contributed by atoms with Crippen LogP contribution in [0, 0.1) is 0 Å². The SMILES string of the molecule is CC(NC(=O)CNC(=O)c1ccccc1)C(c1ccccc1)c1ccccc1. The van der Waals surface area contributed by atoms with Gasteiger partial charge in [-0.05, 0) is 30.2 Å². The van der Waals surface area contributed by atoms with Crippen LogP contribution in [-0.2, 0) is 4.79 Å². The van der Waals surface area contributed by atoms with Crippen molar-refractivity contribution in [3.63, 3.8) is 0 Å². The average Bonchev–Trinajstić information content (AvgIpc) is 2.74. The predicted molar refractivity (Wildman–Crippen MR) is 111 cm³/mol. The molecular formula is C24H24N2O2. The lowest BCUT2D eigenvalue weighted by molar-refractivity contribution is -0.120. The van der Waals surface area contributed by atoms with Crippen LogP contribution in [-0.4, -0.2) is 24.4 Å². The number of nitrogens with one attached hydrogen (secondary N) is 2. The van der Waals surface area contributed by atoms with Crippen molar-refractivity contribution >= 4 is 11.8 Å². The van der Waals surface area contributed by atoms with Gasteiger partial charge in [-0.25, -0.2) is 0 Å². The lowest BCUT2D eigenvalue weighted by Crippen LogP contribution is -2.43. The van der Waals surface area contributed by atoms with Gasteiger partial charge < -0.3 is 10.6 Å². The third kappa shape index (κ3) is 5.07. The molecule has 142 valence electrons. The van der Waals surface area contributed by atoms with Crippen LogP contribution in [0.15, 0.2) is 91.0 Å². The molecule has 2 amide bonds. The van der Waals surface area contributed by atoms with E-state index in [1.807, 2.05) is 49.4 Å². The Balaban J connectivity index is 1.65. The molecule has 1 unspecified atom stereocenters. The molecule has 2 N–H and O–H groups in total. The highest BCUT2D eigenvalue weighted by Crippen LogP contribution is 2.27. The zero-order valence-corrected chi connectivity index (χ0v) is 15.8. The normalized spacial score (nSPS) is 11.6. The molecule has 3 aromatic rings. The molecule has 4 heteroatoms. The Labute approximate surface area is 165 Å². The Morgan fingerprint density at radius 2 is 1.21 bits per heavy atom. The van der Waals surface area contributed by atoms with E-state index in [4.69, 9.17) is 0 Å². The van der Waals surface area contributed by atoms with Crippen molar-refractivity contribution in [3.05, 3.63) is 108 Å². The average molecular weight is 372 g/mol. The summed E-state index contributed by atoms with van der Waals surface area (Å²) in [6.07, 6.45) is 0. The summed E-state index contributed by atoms with van der Waals surface area (Å²) in [5.74, 6) is -0.448. The first-order chi connectivity index (χ1) is 13.6. The maximum Gasteiger partial charge on any atom is 0.251 e. The summed E-state index contributed by atoms with van der Waals surface area (Å²) in [6, 6.07) is 29.0. The van der Waals surface area contributed by atoms with Gasteiger partial charge in [0, 0.05) is 17.5 Å². The summed E-state index contributed by atoms with van der Waals surface area (Å²) in [7, 11) is 0. The number of hydrogen-bond acceptors (Lipinski definition) is 2. The fourth-order valence-corrected chi connectivity index (χ4v) is 3.33. The number of carbonyl (C=O) groups is 2. The van der Waals surface area contributed by atoms with E-state index in [1.54, 1.807) is 24.3 Å². The summed E-state index contributed by atoms with van der Waals surface area (Å²) >= 11 is 0. The van der Waals surface area contributed by atoms with E-state index >= 15 is 0 Å². The van der Waals surface area contributed by atoms with E-state index in [0.717, 1.165) is 11.1 Å². The molecule has 0 aromatic heterocycles. The monoisotopic (exact) mass is 372 g/mol. The maximum atomic E-state index is 12.4. The van der Waals surface area contributed by atoms with Crippen molar-refractivity contribution in [2.75, 3.05) is 6.54 Å². The van der Waals surface area contributed by atoms with Gasteiger partial charge in [0.1, 0.15) is 0 Å². The van der Waals surface area contributed by atoms with Gasteiger partial charge in [0.2, 0.25) is 5.91 Å². The Hall–Kier alpha value is -3.40. The minimum Gasteiger partial charge on any atom is -0.351 e. The predicted octanol–water partition coefficient (Wildman–Crippen LogP) is 3.75. The Morgan fingerprint density at radius 3 is 1.71 bits per heavy atom. The summed E-state index contributed by atoms with van der Waals surface area (Å²) in [5.41, 5.74) is 2.81. The molecule has 0 saturated heterocycles. The molecule has 0 heterocycles. The molecule has 0 spiro atoms. The molecule has 3 aromatic carbocycles. The number of rotatable bonds is 7. The molecule has 0 aliphatic rings. The van der Waals surface area contributed by atoms with Crippen molar-refractivity contribution in [1.29, 1.82) is 0 Å². The molecule has 3 rings (SSSR count). The van der Waals surface area contributed by atoms with Crippen molar-refractivity contribution in [2.24, 2.45) is 0 Å². The van der Waals surface area contributed by atoms with Crippen LogP contribution < -0.4 is 10.6 Å². The molecule has 4 nitrogen and oxygen atoms in total. The van der Waals surface area contributed by atoms with Gasteiger partial charge in [-0.3, -0.25) is 9.59 Å². The van der Waals surface area contributed by atoms with E-state index in [2.05, 4.69) is 34.9 Å². The fraction of sp³-hybridized carbons (Fsp3) is 0.167. The lowest BCUT2D eigenvalue weighted by Gasteiger charge is -2.26. The zero-order chi connectivity index (χ0) is 19.8. The molecular weight excluding hydrogens is 348 g/mol. The molecule has 0 aliphatic carbocycles. The number of benzene rings is 3. The highest BCUT2D eigenvalue weighted by molar-refractivity contribution is 5.96. The molecule has 1 atom stereocenters. The van der Waals surface area contributed by atoms with Gasteiger partial charge in [0.25, 0.3) is 5.91 Å². The topological polar surface area (TPSA) is 58.2 Å². The second-order valence-electron chi connectivity index (χ2n) is 6.70. The van der Waals surface area contributed by atoms with Gasteiger partial charge in [0.15, 0.2) is 0 Å². The Morgan fingerprint density at radius 1 is 0.750 bits per heavy atom. The molecule has 0 saturated carbocycles. The third-order valence-electron chi connectivity index (χ3n) is 4.65. The van der Waals surface area contributed by atoms with Crippen LogP contribution in [0.25, 0.3) is 0 Å². The summed E-state index contributed by atoms with van der Waals surface area (Å²) < 4.78 is 0. The molecule has 0 fully saturated rings. The third-order valence-corrected chi connectivity index (χ3v) is 4.65. The van der Waals surface area contributed by atoms with Crippen molar-refractivity contribution in [1.82, 2.24) is 10.6 Å². The van der Waals surface area contributed by atoms with Crippen molar-refractivity contribution in [2.45, 2.75) is 18.9 Å². The van der Waals surface area contributed by atoms with Crippen molar-refractivity contribution in [3.8, 4) is 0 Å². The van der Waals surface area contributed by atoms with E-state index < -0.39 is 0 Å². The summed E-state index contributed by atoms with van der Waals surface area (Å²) in [4.78, 5) is 24.6. The minimum atomic E-state index is -0.258. The second kappa shape index (κ2) is 9.51. The number of amides is 2.